The van der Waals surface area contributed by atoms with Crippen LogP contribution in [0, 0.1) is 17.7 Å². The Hall–Kier alpha value is -3.76. The Morgan fingerprint density at radius 2 is 1.75 bits per heavy atom. The van der Waals surface area contributed by atoms with Crippen molar-refractivity contribution in [3.63, 3.8) is 0 Å². The Balaban J connectivity index is 1.68. The maximum atomic E-state index is 15.1. The number of rotatable bonds is 2. The summed E-state index contributed by atoms with van der Waals surface area (Å²) in [6.07, 6.45) is 6.37. The third kappa shape index (κ3) is 3.81. The van der Waals surface area contributed by atoms with Crippen molar-refractivity contribution < 1.29 is 14.0 Å². The lowest BCUT2D eigenvalue weighted by atomic mass is 9.86. The van der Waals surface area contributed by atoms with Gasteiger partial charge in [-0.3, -0.25) is 14.8 Å². The van der Waals surface area contributed by atoms with Gasteiger partial charge in [-0.1, -0.05) is 29.5 Å². The summed E-state index contributed by atoms with van der Waals surface area (Å²) in [5.41, 5.74) is 0.471. The van der Waals surface area contributed by atoms with E-state index >= 15 is 4.39 Å². The van der Waals surface area contributed by atoms with Crippen molar-refractivity contribution in [1.29, 1.82) is 0 Å². The number of imide groups is 1. The van der Waals surface area contributed by atoms with Crippen LogP contribution in [0.1, 0.15) is 30.0 Å². The normalized spacial score (nSPS) is 18.4. The Bertz CT molecular complexity index is 1230. The molecule has 0 bridgehead atoms. The summed E-state index contributed by atoms with van der Waals surface area (Å²) in [5, 5.41) is -0.0828. The zero-order chi connectivity index (χ0) is 22.9. The SMILES string of the molecule is CN1C(=O)N(c2c(F)cc(C#Cc3cccnc3)cc2Cl)C(=O)C[C@@]1(C)c1cccnc1. The third-order valence-corrected chi connectivity index (χ3v) is 5.79. The molecule has 1 fully saturated rings. The standard InChI is InChI=1S/C24H18ClFN4O2/c1-24(18-6-4-10-28-15-18)13-21(31)30(23(32)29(24)2)22-19(25)11-17(12-20(22)26)8-7-16-5-3-9-27-14-16/h3-6,9-12,14-15H,13H2,1-2H3/t24-/m0/s1. The van der Waals surface area contributed by atoms with Gasteiger partial charge in [0, 0.05) is 43.0 Å². The van der Waals surface area contributed by atoms with Crippen LogP contribution in [0.5, 0.6) is 0 Å². The van der Waals surface area contributed by atoms with Gasteiger partial charge in [0.1, 0.15) is 11.5 Å². The van der Waals surface area contributed by atoms with E-state index < -0.39 is 23.3 Å². The molecule has 0 radical (unpaired) electrons. The molecule has 1 aliphatic heterocycles. The fourth-order valence-electron chi connectivity index (χ4n) is 3.59. The molecule has 3 heterocycles. The average molecular weight is 449 g/mol. The van der Waals surface area contributed by atoms with Crippen LogP contribution in [0.3, 0.4) is 0 Å². The van der Waals surface area contributed by atoms with E-state index in [0.717, 1.165) is 11.0 Å². The van der Waals surface area contributed by atoms with Gasteiger partial charge in [0.05, 0.1) is 17.0 Å². The predicted octanol–water partition coefficient (Wildman–Crippen LogP) is 4.37. The molecule has 0 saturated carbocycles. The van der Waals surface area contributed by atoms with Crippen LogP contribution < -0.4 is 4.90 Å². The smallest absolute Gasteiger partial charge is 0.317 e. The van der Waals surface area contributed by atoms with Crippen molar-refractivity contribution >= 4 is 29.2 Å². The molecule has 160 valence electrons. The van der Waals surface area contributed by atoms with Gasteiger partial charge < -0.3 is 4.90 Å². The molecule has 0 N–H and O–H groups in total. The number of nitrogens with zero attached hydrogens (tertiary/aromatic N) is 4. The van der Waals surface area contributed by atoms with Gasteiger partial charge in [-0.2, -0.15) is 0 Å². The van der Waals surface area contributed by atoms with Crippen molar-refractivity contribution in [1.82, 2.24) is 14.9 Å². The topological polar surface area (TPSA) is 66.4 Å². The van der Waals surface area contributed by atoms with E-state index in [1.165, 1.54) is 11.0 Å². The number of carbonyl (C=O) groups excluding carboxylic acids is 2. The lowest BCUT2D eigenvalue weighted by Gasteiger charge is -2.45. The van der Waals surface area contributed by atoms with Crippen molar-refractivity contribution in [3.05, 3.63) is 88.7 Å². The highest BCUT2D eigenvalue weighted by Crippen LogP contribution is 2.40. The number of urea groups is 1. The number of hydrogen-bond acceptors (Lipinski definition) is 4. The van der Waals surface area contributed by atoms with Gasteiger partial charge in [0.15, 0.2) is 0 Å². The summed E-state index contributed by atoms with van der Waals surface area (Å²) in [6, 6.07) is 8.94. The molecule has 1 aromatic carbocycles. The summed E-state index contributed by atoms with van der Waals surface area (Å²) in [5.74, 6) is 4.31. The van der Waals surface area contributed by atoms with E-state index in [2.05, 4.69) is 21.8 Å². The highest BCUT2D eigenvalue weighted by Gasteiger charge is 2.47. The Morgan fingerprint density at radius 3 is 2.38 bits per heavy atom. The summed E-state index contributed by atoms with van der Waals surface area (Å²) in [7, 11) is 1.56. The number of pyridine rings is 2. The number of hydrogen-bond donors (Lipinski definition) is 0. The molecule has 1 saturated heterocycles. The summed E-state index contributed by atoms with van der Waals surface area (Å²) in [6.45, 7) is 1.77. The summed E-state index contributed by atoms with van der Waals surface area (Å²) in [4.78, 5) is 36.5. The molecule has 1 aliphatic rings. The number of benzene rings is 1. The van der Waals surface area contributed by atoms with E-state index in [9.17, 15) is 9.59 Å². The second kappa shape index (κ2) is 8.40. The van der Waals surface area contributed by atoms with Crippen LogP contribution >= 0.6 is 11.6 Å². The molecule has 3 amide bonds. The second-order valence-corrected chi connectivity index (χ2v) is 7.95. The van der Waals surface area contributed by atoms with Crippen LogP contribution in [0.2, 0.25) is 5.02 Å². The van der Waals surface area contributed by atoms with Crippen molar-refractivity contribution in [2.24, 2.45) is 0 Å². The van der Waals surface area contributed by atoms with Crippen molar-refractivity contribution in [2.75, 3.05) is 11.9 Å². The quantitative estimate of drug-likeness (QED) is 0.546. The average Bonchev–Trinajstić information content (AvgIpc) is 2.79. The fraction of sp³-hybridized carbons (Fsp3) is 0.167. The van der Waals surface area contributed by atoms with Crippen LogP contribution in [-0.4, -0.2) is 33.9 Å². The lowest BCUT2D eigenvalue weighted by molar-refractivity contribution is -0.122. The zero-order valence-electron chi connectivity index (χ0n) is 17.3. The molecule has 2 aromatic heterocycles. The zero-order valence-corrected chi connectivity index (χ0v) is 18.1. The fourth-order valence-corrected chi connectivity index (χ4v) is 3.88. The first-order valence-electron chi connectivity index (χ1n) is 9.73. The van der Waals surface area contributed by atoms with E-state index in [0.29, 0.717) is 16.7 Å². The number of halogens is 2. The molecule has 4 rings (SSSR count). The second-order valence-electron chi connectivity index (χ2n) is 7.54. The molecule has 0 spiro atoms. The third-order valence-electron chi connectivity index (χ3n) is 5.50. The number of carbonyl (C=O) groups is 2. The van der Waals surface area contributed by atoms with E-state index in [-0.39, 0.29) is 17.1 Å². The minimum Gasteiger partial charge on any atom is -0.317 e. The molecular formula is C24H18ClFN4O2. The summed E-state index contributed by atoms with van der Waals surface area (Å²) < 4.78 is 15.1. The number of anilines is 1. The first kappa shape index (κ1) is 21.5. The minimum absolute atomic E-state index is 0.0563. The van der Waals surface area contributed by atoms with E-state index in [4.69, 9.17) is 11.6 Å². The monoisotopic (exact) mass is 448 g/mol. The maximum Gasteiger partial charge on any atom is 0.331 e. The highest BCUT2D eigenvalue weighted by atomic mass is 35.5. The molecule has 1 atom stereocenters. The highest BCUT2D eigenvalue weighted by molar-refractivity contribution is 6.35. The van der Waals surface area contributed by atoms with Gasteiger partial charge in [0.2, 0.25) is 5.91 Å². The van der Waals surface area contributed by atoms with Gasteiger partial charge in [-0.15, -0.1) is 0 Å². The largest absolute Gasteiger partial charge is 0.331 e. The Morgan fingerprint density at radius 1 is 1.06 bits per heavy atom. The van der Waals surface area contributed by atoms with Crippen molar-refractivity contribution in [3.8, 4) is 11.8 Å². The van der Waals surface area contributed by atoms with Gasteiger partial charge in [-0.05, 0) is 42.8 Å². The van der Waals surface area contributed by atoms with Gasteiger partial charge in [-0.25, -0.2) is 14.1 Å². The van der Waals surface area contributed by atoms with E-state index in [1.807, 2.05) is 0 Å². The molecule has 8 heteroatoms. The van der Waals surface area contributed by atoms with Crippen LogP contribution in [0.4, 0.5) is 14.9 Å². The molecule has 32 heavy (non-hydrogen) atoms. The maximum absolute atomic E-state index is 15.1. The first-order valence-corrected chi connectivity index (χ1v) is 10.1. The van der Waals surface area contributed by atoms with Crippen molar-refractivity contribution in [2.45, 2.75) is 18.9 Å². The number of aromatic nitrogens is 2. The van der Waals surface area contributed by atoms with Gasteiger partial charge >= 0.3 is 6.03 Å². The Kier molecular flexibility index (Phi) is 5.64. The molecule has 0 unspecified atom stereocenters. The van der Waals surface area contributed by atoms with Gasteiger partial charge in [0.25, 0.3) is 0 Å². The van der Waals surface area contributed by atoms with Crippen LogP contribution in [0.15, 0.2) is 61.2 Å². The van der Waals surface area contributed by atoms with Crippen LogP contribution in [-0.2, 0) is 10.3 Å². The minimum atomic E-state index is -0.920. The molecule has 6 nitrogen and oxygen atoms in total. The molecule has 0 aliphatic carbocycles. The Labute approximate surface area is 189 Å². The molecule has 3 aromatic rings. The first-order chi connectivity index (χ1) is 15.3. The summed E-state index contributed by atoms with van der Waals surface area (Å²) >= 11 is 6.32. The number of amides is 3. The van der Waals surface area contributed by atoms with E-state index in [1.54, 1.807) is 63.0 Å². The molecular weight excluding hydrogens is 431 g/mol. The predicted molar refractivity (Wildman–Crippen MR) is 118 cm³/mol. The lowest BCUT2D eigenvalue weighted by Crippen LogP contribution is -2.60. The van der Waals surface area contributed by atoms with Crippen LogP contribution in [0.25, 0.3) is 0 Å².